The van der Waals surface area contributed by atoms with Crippen LogP contribution >= 0.6 is 0 Å². The summed E-state index contributed by atoms with van der Waals surface area (Å²) >= 11 is 0. The van der Waals surface area contributed by atoms with Crippen LogP contribution in [0.5, 0.6) is 0 Å². The van der Waals surface area contributed by atoms with E-state index in [-0.39, 0.29) is 5.57 Å². The van der Waals surface area contributed by atoms with Gasteiger partial charge in [0, 0.05) is 38.2 Å². The highest BCUT2D eigenvalue weighted by atomic mass is 16.5. The van der Waals surface area contributed by atoms with Crippen LogP contribution in [0.15, 0.2) is 52.8 Å². The van der Waals surface area contributed by atoms with Gasteiger partial charge < -0.3 is 4.74 Å². The number of morpholine rings is 1. The standard InChI is InChI=1S/C19H19N5O/c20-12-18(13-21)11-19(15-24-5-7-25-8-6-24)10-17(14-23-19)9-16-1-3-22-4-2-16/h1-4,10-11,14H,5-9,15H2. The summed E-state index contributed by atoms with van der Waals surface area (Å²) in [6, 6.07) is 7.85. The zero-order valence-corrected chi connectivity index (χ0v) is 13.9. The van der Waals surface area contributed by atoms with Gasteiger partial charge >= 0.3 is 0 Å². The Balaban J connectivity index is 1.85. The molecule has 1 fully saturated rings. The minimum absolute atomic E-state index is 0.0896. The van der Waals surface area contributed by atoms with E-state index in [4.69, 9.17) is 15.3 Å². The fraction of sp³-hybridized carbons (Fsp3) is 0.368. The first kappa shape index (κ1) is 17.0. The summed E-state index contributed by atoms with van der Waals surface area (Å²) in [4.78, 5) is 11.0. The second kappa shape index (κ2) is 7.85. The van der Waals surface area contributed by atoms with E-state index in [2.05, 4.69) is 21.0 Å². The Morgan fingerprint density at radius 1 is 1.24 bits per heavy atom. The van der Waals surface area contributed by atoms with Crippen molar-refractivity contribution in [1.29, 1.82) is 10.5 Å². The van der Waals surface area contributed by atoms with Gasteiger partial charge in [0.1, 0.15) is 23.3 Å². The molecule has 2 aliphatic heterocycles. The number of pyridine rings is 1. The van der Waals surface area contributed by atoms with Crippen LogP contribution in [0.4, 0.5) is 0 Å². The van der Waals surface area contributed by atoms with Crippen LogP contribution in [0.3, 0.4) is 0 Å². The number of aromatic nitrogens is 1. The summed E-state index contributed by atoms with van der Waals surface area (Å²) in [6.07, 6.45) is 9.89. The molecule has 1 unspecified atom stereocenters. The minimum Gasteiger partial charge on any atom is -0.379 e. The molecule has 1 aromatic rings. The van der Waals surface area contributed by atoms with E-state index < -0.39 is 5.54 Å². The third kappa shape index (κ3) is 4.39. The van der Waals surface area contributed by atoms with Gasteiger partial charge in [0.25, 0.3) is 0 Å². The Kier molecular flexibility index (Phi) is 5.35. The molecular weight excluding hydrogens is 314 g/mol. The van der Waals surface area contributed by atoms with Crippen molar-refractivity contribution in [2.45, 2.75) is 12.0 Å². The molecule has 1 atom stereocenters. The fourth-order valence-electron chi connectivity index (χ4n) is 3.10. The highest BCUT2D eigenvalue weighted by molar-refractivity contribution is 5.84. The molecule has 0 saturated carbocycles. The van der Waals surface area contributed by atoms with Crippen molar-refractivity contribution in [2.75, 3.05) is 32.8 Å². The zero-order valence-electron chi connectivity index (χ0n) is 13.9. The number of hydrogen-bond donors (Lipinski definition) is 0. The molecule has 126 valence electrons. The van der Waals surface area contributed by atoms with Crippen molar-refractivity contribution in [3.63, 3.8) is 0 Å². The molecule has 6 nitrogen and oxygen atoms in total. The molecule has 3 heterocycles. The Hall–Kier alpha value is -2.80. The van der Waals surface area contributed by atoms with Crippen molar-refractivity contribution < 1.29 is 4.74 Å². The lowest BCUT2D eigenvalue weighted by Crippen LogP contribution is -2.44. The molecule has 1 saturated heterocycles. The van der Waals surface area contributed by atoms with E-state index in [1.165, 1.54) is 0 Å². The molecule has 25 heavy (non-hydrogen) atoms. The molecule has 0 N–H and O–H groups in total. The van der Waals surface area contributed by atoms with E-state index in [1.807, 2.05) is 30.5 Å². The van der Waals surface area contributed by atoms with Gasteiger partial charge in [-0.2, -0.15) is 10.5 Å². The Morgan fingerprint density at radius 3 is 2.64 bits per heavy atom. The summed E-state index contributed by atoms with van der Waals surface area (Å²) in [5.41, 5.74) is 1.65. The molecule has 2 aliphatic rings. The fourth-order valence-corrected chi connectivity index (χ4v) is 3.10. The second-order valence-electron chi connectivity index (χ2n) is 6.17. The van der Waals surface area contributed by atoms with Crippen molar-refractivity contribution >= 4 is 6.21 Å². The summed E-state index contributed by atoms with van der Waals surface area (Å²) in [5.74, 6) is 0. The summed E-state index contributed by atoms with van der Waals surface area (Å²) < 4.78 is 5.40. The molecule has 0 bridgehead atoms. The average molecular weight is 333 g/mol. The Bertz CT molecular complexity index is 762. The predicted molar refractivity (Wildman–Crippen MR) is 93.8 cm³/mol. The molecule has 0 radical (unpaired) electrons. The molecule has 0 aromatic carbocycles. The number of aliphatic imine (C=N–C) groups is 1. The van der Waals surface area contributed by atoms with Gasteiger partial charge in [-0.15, -0.1) is 0 Å². The quantitative estimate of drug-likeness (QED) is 0.765. The van der Waals surface area contributed by atoms with E-state index in [0.717, 1.165) is 30.6 Å². The van der Waals surface area contributed by atoms with Crippen LogP contribution in [-0.2, 0) is 11.2 Å². The van der Waals surface area contributed by atoms with Gasteiger partial charge in [0.05, 0.1) is 13.2 Å². The first-order chi connectivity index (χ1) is 12.2. The van der Waals surface area contributed by atoms with Crippen LogP contribution in [0, 0.1) is 22.7 Å². The van der Waals surface area contributed by atoms with Gasteiger partial charge in [-0.1, -0.05) is 0 Å². The maximum Gasteiger partial charge on any atom is 0.128 e. The topological polar surface area (TPSA) is 85.3 Å². The SMILES string of the molecule is N#CC(C#N)=CC1(CN2CCOCC2)C=C(Cc2ccncc2)C=N1. The number of rotatable bonds is 5. The minimum atomic E-state index is -0.666. The highest BCUT2D eigenvalue weighted by Gasteiger charge is 2.32. The van der Waals surface area contributed by atoms with Crippen LogP contribution in [0.2, 0.25) is 0 Å². The lowest BCUT2D eigenvalue weighted by molar-refractivity contribution is 0.0339. The Labute approximate surface area is 147 Å². The van der Waals surface area contributed by atoms with E-state index in [1.54, 1.807) is 18.5 Å². The van der Waals surface area contributed by atoms with Gasteiger partial charge in [-0.25, -0.2) is 0 Å². The molecule has 0 spiro atoms. The number of ether oxygens (including phenoxy) is 1. The number of nitriles is 2. The van der Waals surface area contributed by atoms with Crippen molar-refractivity contribution in [3.05, 3.63) is 53.4 Å². The van der Waals surface area contributed by atoms with Crippen LogP contribution in [0.25, 0.3) is 0 Å². The maximum absolute atomic E-state index is 9.15. The lowest BCUT2D eigenvalue weighted by Gasteiger charge is -2.32. The summed E-state index contributed by atoms with van der Waals surface area (Å²) in [7, 11) is 0. The van der Waals surface area contributed by atoms with Gasteiger partial charge in [0.2, 0.25) is 0 Å². The molecule has 1 aromatic heterocycles. The van der Waals surface area contributed by atoms with Crippen LogP contribution < -0.4 is 0 Å². The van der Waals surface area contributed by atoms with E-state index >= 15 is 0 Å². The van der Waals surface area contributed by atoms with Gasteiger partial charge in [0.15, 0.2) is 0 Å². The van der Waals surface area contributed by atoms with Gasteiger partial charge in [-0.05, 0) is 41.8 Å². The molecular formula is C19H19N5O. The third-order valence-electron chi connectivity index (χ3n) is 4.28. The predicted octanol–water partition coefficient (Wildman–Crippen LogP) is 1.68. The lowest BCUT2D eigenvalue weighted by atomic mass is 9.94. The molecule has 0 aliphatic carbocycles. The number of nitrogens with zero attached hydrogens (tertiary/aromatic N) is 5. The van der Waals surface area contributed by atoms with Gasteiger partial charge in [-0.3, -0.25) is 14.9 Å². The highest BCUT2D eigenvalue weighted by Crippen LogP contribution is 2.27. The second-order valence-corrected chi connectivity index (χ2v) is 6.17. The number of hydrogen-bond acceptors (Lipinski definition) is 6. The van der Waals surface area contributed by atoms with Crippen LogP contribution in [0.1, 0.15) is 5.56 Å². The van der Waals surface area contributed by atoms with Crippen molar-refractivity contribution in [3.8, 4) is 12.1 Å². The first-order valence-corrected chi connectivity index (χ1v) is 8.22. The first-order valence-electron chi connectivity index (χ1n) is 8.22. The zero-order chi connectivity index (χ0) is 17.5. The normalized spacial score (nSPS) is 22.7. The largest absolute Gasteiger partial charge is 0.379 e. The molecule has 3 rings (SSSR count). The average Bonchev–Trinajstić information content (AvgIpc) is 3.03. The maximum atomic E-state index is 9.15. The third-order valence-corrected chi connectivity index (χ3v) is 4.28. The van der Waals surface area contributed by atoms with Crippen LogP contribution in [-0.4, -0.2) is 54.5 Å². The summed E-state index contributed by atoms with van der Waals surface area (Å²) in [6.45, 7) is 3.68. The number of allylic oxidation sites excluding steroid dienone is 2. The Morgan fingerprint density at radius 2 is 1.96 bits per heavy atom. The molecule has 0 amide bonds. The van der Waals surface area contributed by atoms with E-state index in [0.29, 0.717) is 19.8 Å². The smallest absolute Gasteiger partial charge is 0.128 e. The van der Waals surface area contributed by atoms with E-state index in [9.17, 15) is 0 Å². The summed E-state index contributed by atoms with van der Waals surface area (Å²) in [5, 5.41) is 18.3. The van der Waals surface area contributed by atoms with Crippen molar-refractivity contribution in [1.82, 2.24) is 9.88 Å². The monoisotopic (exact) mass is 333 g/mol. The molecule has 6 heteroatoms. The van der Waals surface area contributed by atoms with Crippen molar-refractivity contribution in [2.24, 2.45) is 4.99 Å².